The number of phenols is 1. The number of hydrogen-bond acceptors (Lipinski definition) is 8. The topological polar surface area (TPSA) is 94.7 Å². The number of aromatic hydroxyl groups is 1. The average molecular weight is 372 g/mol. The molecule has 3 rings (SSSR count). The van der Waals surface area contributed by atoms with Crippen LogP contribution in [0.1, 0.15) is 24.5 Å². The summed E-state index contributed by atoms with van der Waals surface area (Å²) in [6.07, 6.45) is 2.16. The van der Waals surface area contributed by atoms with Crippen molar-refractivity contribution in [2.75, 3.05) is 7.11 Å². The second kappa shape index (κ2) is 7.83. The molecule has 0 saturated carbocycles. The summed E-state index contributed by atoms with van der Waals surface area (Å²) in [5.74, 6) is 0.408. The molecule has 0 saturated heterocycles. The third-order valence-corrected chi connectivity index (χ3v) is 4.29. The van der Waals surface area contributed by atoms with Crippen LogP contribution in [-0.4, -0.2) is 28.4 Å². The number of benzene rings is 1. The average Bonchev–Trinajstić information content (AvgIpc) is 3.32. The van der Waals surface area contributed by atoms with E-state index in [4.69, 9.17) is 13.9 Å². The summed E-state index contributed by atoms with van der Waals surface area (Å²) in [7, 11) is 1.45. The van der Waals surface area contributed by atoms with Gasteiger partial charge in [0, 0.05) is 6.08 Å². The van der Waals surface area contributed by atoms with Gasteiger partial charge < -0.3 is 19.0 Å². The Kier molecular flexibility index (Phi) is 5.33. The van der Waals surface area contributed by atoms with E-state index in [0.717, 1.165) is 4.88 Å². The Bertz CT molecular complexity index is 918. The largest absolute Gasteiger partial charge is 0.504 e. The maximum atomic E-state index is 12.0. The number of rotatable bonds is 6. The SMILES string of the molecule is COc1cc(/C=C/C(=O)O[C@H](C)c2nnc(-c3cccs3)o2)ccc1O. The Balaban J connectivity index is 1.62. The van der Waals surface area contributed by atoms with Gasteiger partial charge in [0.1, 0.15) is 0 Å². The summed E-state index contributed by atoms with van der Waals surface area (Å²) in [6, 6.07) is 8.49. The number of esters is 1. The molecule has 0 aliphatic heterocycles. The molecule has 0 radical (unpaired) electrons. The first-order valence-corrected chi connectivity index (χ1v) is 8.57. The second-order valence-electron chi connectivity index (χ2n) is 5.27. The van der Waals surface area contributed by atoms with E-state index in [-0.39, 0.29) is 11.6 Å². The molecular formula is C18H16N2O5S. The zero-order valence-corrected chi connectivity index (χ0v) is 14.9. The number of methoxy groups -OCH3 is 1. The van der Waals surface area contributed by atoms with Gasteiger partial charge in [-0.15, -0.1) is 21.5 Å². The van der Waals surface area contributed by atoms with E-state index in [1.54, 1.807) is 25.1 Å². The van der Waals surface area contributed by atoms with Crippen LogP contribution in [0.4, 0.5) is 0 Å². The van der Waals surface area contributed by atoms with Crippen molar-refractivity contribution >= 4 is 23.4 Å². The van der Waals surface area contributed by atoms with Gasteiger partial charge in [0.2, 0.25) is 0 Å². The summed E-state index contributed by atoms with van der Waals surface area (Å²) < 4.78 is 15.8. The van der Waals surface area contributed by atoms with E-state index in [0.29, 0.717) is 17.2 Å². The smallest absolute Gasteiger partial charge is 0.331 e. The van der Waals surface area contributed by atoms with Crippen LogP contribution in [0.5, 0.6) is 11.5 Å². The van der Waals surface area contributed by atoms with Crippen molar-refractivity contribution in [2.24, 2.45) is 0 Å². The molecule has 0 unspecified atom stereocenters. The normalized spacial score (nSPS) is 12.2. The number of phenolic OH excluding ortho intramolecular Hbond substituents is 1. The predicted molar refractivity (Wildman–Crippen MR) is 95.8 cm³/mol. The number of carbonyl (C=O) groups is 1. The lowest BCUT2D eigenvalue weighted by Crippen LogP contribution is -2.06. The van der Waals surface area contributed by atoms with Gasteiger partial charge in [-0.25, -0.2) is 4.79 Å². The van der Waals surface area contributed by atoms with Gasteiger partial charge in [0.15, 0.2) is 17.6 Å². The number of thiophene rings is 1. The van der Waals surface area contributed by atoms with Gasteiger partial charge in [0.25, 0.3) is 11.8 Å². The third kappa shape index (κ3) is 4.09. The van der Waals surface area contributed by atoms with Crippen LogP contribution >= 0.6 is 11.3 Å². The highest BCUT2D eigenvalue weighted by molar-refractivity contribution is 7.13. The molecule has 134 valence electrons. The van der Waals surface area contributed by atoms with Crippen molar-refractivity contribution < 1.29 is 23.8 Å². The van der Waals surface area contributed by atoms with E-state index in [1.807, 2.05) is 17.5 Å². The third-order valence-electron chi connectivity index (χ3n) is 3.43. The molecule has 8 heteroatoms. The first kappa shape index (κ1) is 17.7. The summed E-state index contributed by atoms with van der Waals surface area (Å²) in [5.41, 5.74) is 0.682. The minimum absolute atomic E-state index is 0.0267. The number of carbonyl (C=O) groups excluding carboxylic acids is 1. The van der Waals surface area contributed by atoms with Crippen molar-refractivity contribution in [1.29, 1.82) is 0 Å². The summed E-state index contributed by atoms with van der Waals surface area (Å²) >= 11 is 1.48. The summed E-state index contributed by atoms with van der Waals surface area (Å²) in [6.45, 7) is 1.65. The standard InChI is InChI=1S/C18H16N2O5S/c1-11(17-19-20-18(25-17)15-4-3-9-26-15)24-16(22)8-6-12-5-7-13(21)14(10-12)23-2/h3-11,21H,1-2H3/b8-6+/t11-/m1/s1. The molecule has 1 atom stereocenters. The van der Waals surface area contributed by atoms with Crippen molar-refractivity contribution in [2.45, 2.75) is 13.0 Å². The Hall–Kier alpha value is -3.13. The van der Waals surface area contributed by atoms with Gasteiger partial charge in [-0.2, -0.15) is 0 Å². The second-order valence-corrected chi connectivity index (χ2v) is 6.21. The fraction of sp³-hybridized carbons (Fsp3) is 0.167. The molecule has 7 nitrogen and oxygen atoms in total. The highest BCUT2D eigenvalue weighted by Crippen LogP contribution is 2.27. The fourth-order valence-corrected chi connectivity index (χ4v) is 2.77. The van der Waals surface area contributed by atoms with Crippen molar-refractivity contribution in [1.82, 2.24) is 10.2 Å². The van der Waals surface area contributed by atoms with Gasteiger partial charge >= 0.3 is 5.97 Å². The maximum Gasteiger partial charge on any atom is 0.331 e. The molecule has 3 aromatic rings. The molecule has 0 bridgehead atoms. The lowest BCUT2D eigenvalue weighted by Gasteiger charge is -2.07. The molecule has 1 aromatic carbocycles. The van der Waals surface area contributed by atoms with Gasteiger partial charge in [0.05, 0.1) is 12.0 Å². The van der Waals surface area contributed by atoms with Crippen LogP contribution < -0.4 is 4.74 Å². The Morgan fingerprint density at radius 1 is 1.35 bits per heavy atom. The molecule has 1 N–H and O–H groups in total. The molecule has 0 fully saturated rings. The van der Waals surface area contributed by atoms with E-state index in [2.05, 4.69) is 10.2 Å². The number of nitrogens with zero attached hydrogens (tertiary/aromatic N) is 2. The minimum Gasteiger partial charge on any atom is -0.504 e. The van der Waals surface area contributed by atoms with Crippen molar-refractivity contribution in [3.63, 3.8) is 0 Å². The monoisotopic (exact) mass is 372 g/mol. The Morgan fingerprint density at radius 2 is 2.19 bits per heavy atom. The highest BCUT2D eigenvalue weighted by Gasteiger charge is 2.18. The van der Waals surface area contributed by atoms with Crippen LogP contribution in [0.2, 0.25) is 0 Å². The highest BCUT2D eigenvalue weighted by atomic mass is 32.1. The summed E-state index contributed by atoms with van der Waals surface area (Å²) in [5, 5.41) is 19.3. The van der Waals surface area contributed by atoms with Crippen LogP contribution in [0.25, 0.3) is 16.8 Å². The molecule has 0 amide bonds. The van der Waals surface area contributed by atoms with E-state index < -0.39 is 12.1 Å². The quantitative estimate of drug-likeness (QED) is 0.519. The molecule has 0 aliphatic rings. The Morgan fingerprint density at radius 3 is 2.92 bits per heavy atom. The minimum atomic E-state index is -0.678. The first-order chi connectivity index (χ1) is 12.6. The molecule has 26 heavy (non-hydrogen) atoms. The molecule has 2 heterocycles. The summed E-state index contributed by atoms with van der Waals surface area (Å²) in [4.78, 5) is 12.8. The maximum absolute atomic E-state index is 12.0. The number of aromatic nitrogens is 2. The predicted octanol–water partition coefficient (Wildman–Crippen LogP) is 3.83. The first-order valence-electron chi connectivity index (χ1n) is 7.70. The van der Waals surface area contributed by atoms with Crippen LogP contribution in [0.15, 0.2) is 46.2 Å². The van der Waals surface area contributed by atoms with E-state index in [9.17, 15) is 9.90 Å². The Labute approximate surface area is 153 Å². The van der Waals surface area contributed by atoms with Crippen LogP contribution in [0, 0.1) is 0 Å². The van der Waals surface area contributed by atoms with E-state index in [1.165, 1.54) is 30.6 Å². The number of hydrogen-bond donors (Lipinski definition) is 1. The zero-order chi connectivity index (χ0) is 18.5. The molecule has 2 aromatic heterocycles. The van der Waals surface area contributed by atoms with Crippen molar-refractivity contribution in [3.05, 3.63) is 53.2 Å². The number of ether oxygens (including phenoxy) is 2. The van der Waals surface area contributed by atoms with Gasteiger partial charge in [-0.05, 0) is 42.1 Å². The molecular weight excluding hydrogens is 356 g/mol. The van der Waals surface area contributed by atoms with Crippen molar-refractivity contribution in [3.8, 4) is 22.3 Å². The zero-order valence-electron chi connectivity index (χ0n) is 14.1. The van der Waals surface area contributed by atoms with E-state index >= 15 is 0 Å². The molecule has 0 aliphatic carbocycles. The fourth-order valence-electron chi connectivity index (χ4n) is 2.12. The molecule has 0 spiro atoms. The lowest BCUT2D eigenvalue weighted by molar-refractivity contribution is -0.143. The van der Waals surface area contributed by atoms with Gasteiger partial charge in [-0.1, -0.05) is 12.1 Å². The van der Waals surface area contributed by atoms with Crippen LogP contribution in [0.3, 0.4) is 0 Å². The van der Waals surface area contributed by atoms with Crippen LogP contribution in [-0.2, 0) is 9.53 Å². The van der Waals surface area contributed by atoms with Gasteiger partial charge in [-0.3, -0.25) is 0 Å². The lowest BCUT2D eigenvalue weighted by atomic mass is 10.2.